The Kier molecular flexibility index (Phi) is 2.95. The van der Waals surface area contributed by atoms with Crippen LogP contribution in [0.2, 0.25) is 0 Å². The monoisotopic (exact) mass is 244 g/mol. The highest BCUT2D eigenvalue weighted by Gasteiger charge is 2.14. The fourth-order valence-electron chi connectivity index (χ4n) is 1.73. The van der Waals surface area contributed by atoms with Crippen LogP contribution in [0.3, 0.4) is 0 Å². The van der Waals surface area contributed by atoms with Crippen molar-refractivity contribution in [2.24, 2.45) is 0 Å². The lowest BCUT2D eigenvalue weighted by atomic mass is 9.86. The zero-order valence-electron chi connectivity index (χ0n) is 10.7. The van der Waals surface area contributed by atoms with Crippen LogP contribution in [-0.2, 0) is 5.41 Å². The molecule has 1 aromatic carbocycles. The van der Waals surface area contributed by atoms with Crippen LogP contribution in [0.5, 0.6) is 0 Å². The molecule has 0 aliphatic heterocycles. The number of H-pyrrole nitrogens is 1. The number of hydrogen-bond acceptors (Lipinski definition) is 2. The number of benzene rings is 1. The number of nitrogens with zero attached hydrogens (tertiary/aromatic N) is 1. The van der Waals surface area contributed by atoms with E-state index in [2.05, 4.69) is 42.9 Å². The summed E-state index contributed by atoms with van der Waals surface area (Å²) in [6.45, 7) is 6.46. The van der Waals surface area contributed by atoms with Crippen molar-refractivity contribution in [3.63, 3.8) is 0 Å². The van der Waals surface area contributed by atoms with E-state index in [1.807, 2.05) is 12.1 Å². The van der Waals surface area contributed by atoms with E-state index in [1.165, 1.54) is 11.8 Å². The lowest BCUT2D eigenvalue weighted by Gasteiger charge is -2.18. The first-order chi connectivity index (χ1) is 8.38. The van der Waals surface area contributed by atoms with Crippen LogP contribution >= 0.6 is 0 Å². The maximum Gasteiger partial charge on any atom is 0.371 e. The molecule has 0 aliphatic rings. The van der Waals surface area contributed by atoms with Gasteiger partial charge in [-0.3, -0.25) is 0 Å². The van der Waals surface area contributed by atoms with Crippen molar-refractivity contribution < 1.29 is 9.90 Å². The second-order valence-corrected chi connectivity index (χ2v) is 5.28. The number of aromatic amines is 1. The van der Waals surface area contributed by atoms with Crippen molar-refractivity contribution in [1.82, 2.24) is 9.97 Å². The highest BCUT2D eigenvalue weighted by Crippen LogP contribution is 2.25. The van der Waals surface area contributed by atoms with Crippen molar-refractivity contribution >= 4 is 5.97 Å². The summed E-state index contributed by atoms with van der Waals surface area (Å²) in [7, 11) is 0. The van der Waals surface area contributed by atoms with Crippen molar-refractivity contribution in [2.45, 2.75) is 26.2 Å². The van der Waals surface area contributed by atoms with Gasteiger partial charge in [-0.2, -0.15) is 0 Å². The minimum atomic E-state index is -1.05. The number of nitrogens with one attached hydrogen (secondary N) is 1. The van der Waals surface area contributed by atoms with E-state index in [0.717, 1.165) is 5.56 Å². The fourth-order valence-corrected chi connectivity index (χ4v) is 1.73. The van der Waals surface area contributed by atoms with Gasteiger partial charge in [-0.1, -0.05) is 45.0 Å². The van der Waals surface area contributed by atoms with E-state index in [1.54, 1.807) is 0 Å². The molecule has 4 heteroatoms. The molecule has 0 saturated carbocycles. The van der Waals surface area contributed by atoms with E-state index in [0.29, 0.717) is 5.69 Å². The highest BCUT2D eigenvalue weighted by molar-refractivity contribution is 5.84. The number of carboxylic acid groups (broad SMARTS) is 1. The maximum absolute atomic E-state index is 10.7. The second-order valence-electron chi connectivity index (χ2n) is 5.28. The van der Waals surface area contributed by atoms with E-state index >= 15 is 0 Å². The van der Waals surface area contributed by atoms with Gasteiger partial charge in [0.25, 0.3) is 0 Å². The molecule has 0 spiro atoms. The van der Waals surface area contributed by atoms with Gasteiger partial charge in [-0.05, 0) is 16.5 Å². The van der Waals surface area contributed by atoms with E-state index in [-0.39, 0.29) is 11.2 Å². The molecule has 2 rings (SSSR count). The summed E-state index contributed by atoms with van der Waals surface area (Å²) >= 11 is 0. The first-order valence-corrected chi connectivity index (χ1v) is 5.77. The van der Waals surface area contributed by atoms with Crippen LogP contribution in [0.25, 0.3) is 11.3 Å². The van der Waals surface area contributed by atoms with E-state index < -0.39 is 5.97 Å². The van der Waals surface area contributed by atoms with Crippen LogP contribution in [0.15, 0.2) is 30.5 Å². The average Bonchev–Trinajstić information content (AvgIpc) is 2.77. The number of aromatic carboxylic acids is 1. The molecule has 0 saturated heterocycles. The molecule has 2 N–H and O–H groups in total. The highest BCUT2D eigenvalue weighted by atomic mass is 16.4. The minimum Gasteiger partial charge on any atom is -0.475 e. The molecule has 94 valence electrons. The fraction of sp³-hybridized carbons (Fsp3) is 0.286. The average molecular weight is 244 g/mol. The van der Waals surface area contributed by atoms with Crippen LogP contribution in [0.4, 0.5) is 0 Å². The Morgan fingerprint density at radius 3 is 2.28 bits per heavy atom. The summed E-state index contributed by atoms with van der Waals surface area (Å²) in [5, 5.41) is 8.80. The van der Waals surface area contributed by atoms with Gasteiger partial charge in [-0.15, -0.1) is 0 Å². The third kappa shape index (κ3) is 2.42. The molecule has 4 nitrogen and oxygen atoms in total. The number of hydrogen-bond donors (Lipinski definition) is 2. The molecule has 1 aromatic heterocycles. The number of carbonyl (C=O) groups is 1. The maximum atomic E-state index is 10.7. The van der Waals surface area contributed by atoms with Crippen LogP contribution in [-0.4, -0.2) is 21.0 Å². The number of imidazole rings is 1. The van der Waals surface area contributed by atoms with E-state index in [4.69, 9.17) is 5.11 Å². The van der Waals surface area contributed by atoms with Crippen molar-refractivity contribution in [2.75, 3.05) is 0 Å². The molecule has 0 amide bonds. The number of carboxylic acids is 1. The smallest absolute Gasteiger partial charge is 0.371 e. The first-order valence-electron chi connectivity index (χ1n) is 5.77. The Labute approximate surface area is 106 Å². The summed E-state index contributed by atoms with van der Waals surface area (Å²) in [6, 6.07) is 8.05. The van der Waals surface area contributed by atoms with Crippen molar-refractivity contribution in [1.29, 1.82) is 0 Å². The molecular formula is C14H16N2O2. The standard InChI is InChI=1S/C14H16N2O2/c1-14(2,3)10-6-4-9(5-7-10)11-8-15-12(16-11)13(17)18/h4-8H,1-3H3,(H,15,16)(H,17,18). The van der Waals surface area contributed by atoms with Crippen LogP contribution in [0.1, 0.15) is 37.0 Å². The Bertz CT molecular complexity index is 562. The molecule has 0 bridgehead atoms. The van der Waals surface area contributed by atoms with E-state index in [9.17, 15) is 4.79 Å². The minimum absolute atomic E-state index is 0.0371. The zero-order chi connectivity index (χ0) is 13.3. The van der Waals surface area contributed by atoms with Gasteiger partial charge in [0.2, 0.25) is 5.82 Å². The number of rotatable bonds is 2. The molecule has 0 unspecified atom stereocenters. The predicted octanol–water partition coefficient (Wildman–Crippen LogP) is 3.07. The third-order valence-electron chi connectivity index (χ3n) is 2.84. The van der Waals surface area contributed by atoms with Gasteiger partial charge in [0.05, 0.1) is 11.9 Å². The molecular weight excluding hydrogens is 228 g/mol. The first kappa shape index (κ1) is 12.4. The zero-order valence-corrected chi connectivity index (χ0v) is 10.7. The molecule has 0 atom stereocenters. The third-order valence-corrected chi connectivity index (χ3v) is 2.84. The van der Waals surface area contributed by atoms with Gasteiger partial charge in [0.1, 0.15) is 0 Å². The summed E-state index contributed by atoms with van der Waals surface area (Å²) < 4.78 is 0. The molecule has 1 heterocycles. The molecule has 0 aliphatic carbocycles. The van der Waals surface area contributed by atoms with Gasteiger partial charge in [0.15, 0.2) is 0 Å². The van der Waals surface area contributed by atoms with Crippen molar-refractivity contribution in [3.05, 3.63) is 41.9 Å². The van der Waals surface area contributed by atoms with Gasteiger partial charge >= 0.3 is 5.97 Å². The summed E-state index contributed by atoms with van der Waals surface area (Å²) in [5.74, 6) is -1.09. The van der Waals surface area contributed by atoms with Gasteiger partial charge in [0, 0.05) is 0 Å². The summed E-state index contributed by atoms with van der Waals surface area (Å²) in [4.78, 5) is 17.3. The van der Waals surface area contributed by atoms with Crippen LogP contribution < -0.4 is 0 Å². The normalized spacial score (nSPS) is 11.5. The Morgan fingerprint density at radius 1 is 1.22 bits per heavy atom. The molecule has 0 fully saturated rings. The quantitative estimate of drug-likeness (QED) is 0.853. The Morgan fingerprint density at radius 2 is 1.83 bits per heavy atom. The van der Waals surface area contributed by atoms with Crippen molar-refractivity contribution in [3.8, 4) is 11.3 Å². The lowest BCUT2D eigenvalue weighted by Crippen LogP contribution is -2.10. The molecule has 18 heavy (non-hydrogen) atoms. The predicted molar refractivity (Wildman–Crippen MR) is 69.7 cm³/mol. The number of aromatic nitrogens is 2. The van der Waals surface area contributed by atoms with Crippen LogP contribution in [0, 0.1) is 0 Å². The SMILES string of the molecule is CC(C)(C)c1ccc(-c2cnc(C(=O)O)[nH]2)cc1. The second kappa shape index (κ2) is 4.29. The topological polar surface area (TPSA) is 66.0 Å². The van der Waals surface area contributed by atoms with Gasteiger partial charge < -0.3 is 10.1 Å². The Hall–Kier alpha value is -2.10. The summed E-state index contributed by atoms with van der Waals surface area (Å²) in [6.07, 6.45) is 1.54. The van der Waals surface area contributed by atoms with Gasteiger partial charge in [-0.25, -0.2) is 9.78 Å². The molecule has 2 aromatic rings. The largest absolute Gasteiger partial charge is 0.475 e. The Balaban J connectivity index is 2.31. The molecule has 0 radical (unpaired) electrons. The summed E-state index contributed by atoms with van der Waals surface area (Å²) in [5.41, 5.74) is 3.00. The lowest BCUT2D eigenvalue weighted by molar-refractivity contribution is 0.0685.